The Kier molecular flexibility index (Phi) is 4.79. The Labute approximate surface area is 122 Å². The summed E-state index contributed by atoms with van der Waals surface area (Å²) in [5, 5.41) is 18.1. The quantitative estimate of drug-likeness (QED) is 0.572. The summed E-state index contributed by atoms with van der Waals surface area (Å²) < 4.78 is 0. The summed E-state index contributed by atoms with van der Waals surface area (Å²) in [5.74, 6) is -1.79. The third kappa shape index (κ3) is 3.01. The van der Waals surface area contributed by atoms with Crippen LogP contribution in [0.15, 0.2) is 0 Å². The van der Waals surface area contributed by atoms with Gasteiger partial charge in [0, 0.05) is 13.1 Å². The number of carboxylic acid groups (broad SMARTS) is 1. The summed E-state index contributed by atoms with van der Waals surface area (Å²) in [6, 6.07) is -2.50. The van der Waals surface area contributed by atoms with Gasteiger partial charge in [-0.05, 0) is 25.7 Å². The van der Waals surface area contributed by atoms with Crippen LogP contribution in [-0.4, -0.2) is 75.6 Å². The number of aliphatic carboxylic acids is 1. The smallest absolute Gasteiger partial charge is 0.326 e. The van der Waals surface area contributed by atoms with E-state index in [0.29, 0.717) is 38.8 Å². The van der Waals surface area contributed by atoms with Gasteiger partial charge in [-0.1, -0.05) is 0 Å². The van der Waals surface area contributed by atoms with Gasteiger partial charge < -0.3 is 25.7 Å². The van der Waals surface area contributed by atoms with Crippen LogP contribution in [0.4, 0.5) is 0 Å². The van der Waals surface area contributed by atoms with Crippen molar-refractivity contribution in [3.8, 4) is 0 Å². The molecule has 4 N–H and O–H groups in total. The second-order valence-electron chi connectivity index (χ2n) is 5.51. The Morgan fingerprint density at radius 1 is 1.10 bits per heavy atom. The normalized spacial score (nSPS) is 27.0. The number of rotatable bonds is 4. The summed E-state index contributed by atoms with van der Waals surface area (Å²) in [4.78, 5) is 38.5. The minimum Gasteiger partial charge on any atom is -0.480 e. The van der Waals surface area contributed by atoms with Gasteiger partial charge in [-0.3, -0.25) is 9.59 Å². The van der Waals surface area contributed by atoms with Gasteiger partial charge in [0.25, 0.3) is 0 Å². The van der Waals surface area contributed by atoms with Gasteiger partial charge in [-0.25, -0.2) is 4.79 Å². The van der Waals surface area contributed by atoms with Crippen molar-refractivity contribution in [3.05, 3.63) is 0 Å². The maximum atomic E-state index is 12.6. The summed E-state index contributed by atoms with van der Waals surface area (Å²) in [6.45, 7) is 0.340. The van der Waals surface area contributed by atoms with Crippen LogP contribution in [-0.2, 0) is 14.4 Å². The molecule has 0 aliphatic carbocycles. The Bertz CT molecular complexity index is 442. The van der Waals surface area contributed by atoms with Crippen molar-refractivity contribution in [2.45, 2.75) is 43.8 Å². The van der Waals surface area contributed by atoms with Crippen molar-refractivity contribution in [1.29, 1.82) is 0 Å². The number of aliphatic hydroxyl groups excluding tert-OH is 1. The van der Waals surface area contributed by atoms with Crippen molar-refractivity contribution in [3.63, 3.8) is 0 Å². The highest BCUT2D eigenvalue weighted by atomic mass is 16.4. The molecule has 2 aliphatic heterocycles. The first-order valence-electron chi connectivity index (χ1n) is 7.17. The number of nitrogens with zero attached hydrogens (tertiary/aromatic N) is 2. The van der Waals surface area contributed by atoms with E-state index >= 15 is 0 Å². The summed E-state index contributed by atoms with van der Waals surface area (Å²) in [7, 11) is 0. The second kappa shape index (κ2) is 6.40. The number of carbonyl (C=O) groups is 3. The fourth-order valence-corrected chi connectivity index (χ4v) is 3.06. The number of carbonyl (C=O) groups excluding carboxylic acids is 2. The highest BCUT2D eigenvalue weighted by molar-refractivity contribution is 5.92. The van der Waals surface area contributed by atoms with Gasteiger partial charge in [0.1, 0.15) is 18.1 Å². The number of amides is 2. The van der Waals surface area contributed by atoms with Gasteiger partial charge in [0.2, 0.25) is 11.8 Å². The number of carboxylic acids is 1. The van der Waals surface area contributed by atoms with Crippen LogP contribution >= 0.6 is 0 Å². The Hall–Kier alpha value is -1.67. The van der Waals surface area contributed by atoms with E-state index in [0.717, 1.165) is 0 Å². The maximum Gasteiger partial charge on any atom is 0.326 e. The van der Waals surface area contributed by atoms with Crippen LogP contribution in [0.2, 0.25) is 0 Å². The van der Waals surface area contributed by atoms with Crippen molar-refractivity contribution >= 4 is 17.8 Å². The third-order valence-electron chi connectivity index (χ3n) is 4.16. The number of aliphatic hydroxyl groups is 1. The fourth-order valence-electron chi connectivity index (χ4n) is 3.06. The lowest BCUT2D eigenvalue weighted by Gasteiger charge is -2.31. The van der Waals surface area contributed by atoms with E-state index in [1.807, 2.05) is 0 Å². The van der Waals surface area contributed by atoms with Gasteiger partial charge in [-0.2, -0.15) is 0 Å². The van der Waals surface area contributed by atoms with Crippen LogP contribution in [0.1, 0.15) is 25.7 Å². The molecular weight excluding hydrogens is 278 g/mol. The van der Waals surface area contributed by atoms with E-state index in [4.69, 9.17) is 15.9 Å². The lowest BCUT2D eigenvalue weighted by atomic mass is 10.1. The minimum atomic E-state index is -1.03. The summed E-state index contributed by atoms with van der Waals surface area (Å²) in [5.41, 5.74) is 5.53. The SMILES string of the molecule is NC(CO)C(=O)N1CCCC1C(=O)N1CCCC1C(=O)O. The average molecular weight is 299 g/mol. The Balaban J connectivity index is 2.10. The topological polar surface area (TPSA) is 124 Å². The highest BCUT2D eigenvalue weighted by Gasteiger charge is 2.42. The molecule has 2 amide bonds. The first-order valence-corrected chi connectivity index (χ1v) is 7.17. The van der Waals surface area contributed by atoms with Gasteiger partial charge in [0.15, 0.2) is 0 Å². The van der Waals surface area contributed by atoms with Gasteiger partial charge >= 0.3 is 5.97 Å². The Morgan fingerprint density at radius 3 is 2.24 bits per heavy atom. The largest absolute Gasteiger partial charge is 0.480 e. The highest BCUT2D eigenvalue weighted by Crippen LogP contribution is 2.25. The number of hydrogen-bond acceptors (Lipinski definition) is 5. The molecule has 8 heteroatoms. The standard InChI is InChI=1S/C13H21N3O5/c14-8(7-17)11(18)15-5-1-3-9(15)12(19)16-6-2-4-10(16)13(20)21/h8-10,17H,1-7,14H2,(H,20,21). The summed E-state index contributed by atoms with van der Waals surface area (Å²) in [6.07, 6.45) is 2.27. The van der Waals surface area contributed by atoms with Crippen LogP contribution in [0, 0.1) is 0 Å². The monoisotopic (exact) mass is 299 g/mol. The molecule has 2 saturated heterocycles. The van der Waals surface area contributed by atoms with E-state index in [9.17, 15) is 14.4 Å². The number of likely N-dealkylation sites (tertiary alicyclic amines) is 2. The lowest BCUT2D eigenvalue weighted by Crippen LogP contribution is -2.54. The molecule has 0 radical (unpaired) electrons. The molecule has 8 nitrogen and oxygen atoms in total. The first-order chi connectivity index (χ1) is 9.97. The maximum absolute atomic E-state index is 12.6. The number of hydrogen-bond donors (Lipinski definition) is 3. The van der Waals surface area contributed by atoms with Crippen molar-refractivity contribution in [2.24, 2.45) is 5.73 Å². The molecule has 0 aromatic rings. The molecule has 2 heterocycles. The zero-order valence-electron chi connectivity index (χ0n) is 11.8. The predicted octanol–water partition coefficient (Wildman–Crippen LogP) is -1.63. The molecular formula is C13H21N3O5. The third-order valence-corrected chi connectivity index (χ3v) is 4.16. The van der Waals surface area contributed by atoms with Crippen LogP contribution < -0.4 is 5.73 Å². The molecule has 0 bridgehead atoms. The van der Waals surface area contributed by atoms with Crippen LogP contribution in [0.3, 0.4) is 0 Å². The number of nitrogens with two attached hydrogens (primary N) is 1. The van der Waals surface area contributed by atoms with E-state index in [1.165, 1.54) is 9.80 Å². The van der Waals surface area contributed by atoms with Crippen LogP contribution in [0.25, 0.3) is 0 Å². The van der Waals surface area contributed by atoms with E-state index in [2.05, 4.69) is 0 Å². The molecule has 0 spiro atoms. The van der Waals surface area contributed by atoms with E-state index in [1.54, 1.807) is 0 Å². The minimum absolute atomic E-state index is 0.323. The molecule has 3 unspecified atom stereocenters. The van der Waals surface area contributed by atoms with Crippen molar-refractivity contribution in [1.82, 2.24) is 9.80 Å². The predicted molar refractivity (Wildman–Crippen MR) is 72.2 cm³/mol. The molecule has 2 rings (SSSR count). The molecule has 118 valence electrons. The molecule has 2 aliphatic rings. The van der Waals surface area contributed by atoms with Crippen molar-refractivity contribution < 1.29 is 24.6 Å². The molecule has 3 atom stereocenters. The molecule has 21 heavy (non-hydrogen) atoms. The molecule has 0 aromatic heterocycles. The zero-order chi connectivity index (χ0) is 15.6. The van der Waals surface area contributed by atoms with Crippen LogP contribution in [0.5, 0.6) is 0 Å². The fraction of sp³-hybridized carbons (Fsp3) is 0.769. The van der Waals surface area contributed by atoms with Gasteiger partial charge in [-0.15, -0.1) is 0 Å². The molecule has 0 aromatic carbocycles. The molecule has 2 fully saturated rings. The second-order valence-corrected chi connectivity index (χ2v) is 5.51. The molecule has 0 saturated carbocycles. The first kappa shape index (κ1) is 15.7. The lowest BCUT2D eigenvalue weighted by molar-refractivity contribution is -0.152. The van der Waals surface area contributed by atoms with Crippen molar-refractivity contribution in [2.75, 3.05) is 19.7 Å². The van der Waals surface area contributed by atoms with E-state index < -0.39 is 36.6 Å². The average Bonchev–Trinajstić information content (AvgIpc) is 3.13. The zero-order valence-corrected chi connectivity index (χ0v) is 11.8. The Morgan fingerprint density at radius 2 is 1.67 bits per heavy atom. The van der Waals surface area contributed by atoms with E-state index in [-0.39, 0.29) is 5.91 Å². The van der Waals surface area contributed by atoms with Gasteiger partial charge in [0.05, 0.1) is 6.61 Å². The summed E-state index contributed by atoms with van der Waals surface area (Å²) >= 11 is 0.